The molecule has 0 aliphatic rings. The minimum absolute atomic E-state index is 0. The Morgan fingerprint density at radius 1 is 0.909 bits per heavy atom. The third-order valence-corrected chi connectivity index (χ3v) is 1.37. The Morgan fingerprint density at radius 3 is 1.55 bits per heavy atom. The van der Waals surface area contributed by atoms with Gasteiger partial charge in [-0.15, -0.1) is 0 Å². The van der Waals surface area contributed by atoms with Gasteiger partial charge < -0.3 is 11.0 Å². The van der Waals surface area contributed by atoms with Crippen LogP contribution in [-0.2, 0) is 0 Å². The van der Waals surface area contributed by atoms with Crippen molar-refractivity contribution in [3.05, 3.63) is 29.3 Å². The van der Waals surface area contributed by atoms with E-state index in [0.29, 0.717) is 0 Å². The van der Waals surface area contributed by atoms with Crippen molar-refractivity contribution in [1.29, 1.82) is 0 Å². The van der Waals surface area contributed by atoms with Crippen molar-refractivity contribution < 1.29 is 11.0 Å². The summed E-state index contributed by atoms with van der Waals surface area (Å²) >= 11 is 0. The smallest absolute Gasteiger partial charge is 0.139 e. The van der Waals surface area contributed by atoms with Gasteiger partial charge in [-0.1, -0.05) is 34.8 Å². The molecule has 0 aliphatic heterocycles. The predicted molar refractivity (Wildman–Crippen MR) is 51.3 cm³/mol. The van der Waals surface area contributed by atoms with Crippen LogP contribution in [0.1, 0.15) is 11.1 Å². The SMILES string of the molecule is Bc1cc(C)cc(C)c1.O.O. The zero-order chi connectivity index (χ0) is 6.85. The molecule has 1 rings (SSSR count). The summed E-state index contributed by atoms with van der Waals surface area (Å²) in [5.41, 5.74) is 4.06. The van der Waals surface area contributed by atoms with E-state index in [9.17, 15) is 0 Å². The summed E-state index contributed by atoms with van der Waals surface area (Å²) in [6.07, 6.45) is 0. The van der Waals surface area contributed by atoms with Gasteiger partial charge in [0, 0.05) is 0 Å². The van der Waals surface area contributed by atoms with Crippen LogP contribution in [0, 0.1) is 13.8 Å². The average molecular weight is 154 g/mol. The van der Waals surface area contributed by atoms with Gasteiger partial charge >= 0.3 is 0 Å². The number of hydrogen-bond acceptors (Lipinski definition) is 0. The second kappa shape index (κ2) is 4.94. The molecule has 0 unspecified atom stereocenters. The second-order valence-electron chi connectivity index (χ2n) is 2.67. The van der Waals surface area contributed by atoms with Crippen molar-refractivity contribution in [1.82, 2.24) is 0 Å². The van der Waals surface area contributed by atoms with Gasteiger partial charge in [0.1, 0.15) is 7.85 Å². The van der Waals surface area contributed by atoms with E-state index in [1.54, 1.807) is 0 Å². The van der Waals surface area contributed by atoms with Crippen LogP contribution in [0.3, 0.4) is 0 Å². The molecular weight excluding hydrogens is 139 g/mol. The average Bonchev–Trinajstić information content (AvgIpc) is 1.59. The standard InChI is InChI=1S/C8H11B.2H2O/c1-6-3-7(2)5-8(9)4-6;;/h3-5H,9H2,1-2H3;2*1H2. The molecule has 1 aromatic carbocycles. The van der Waals surface area contributed by atoms with E-state index in [1.807, 2.05) is 0 Å². The lowest BCUT2D eigenvalue weighted by Gasteiger charge is -1.97. The molecule has 0 fully saturated rings. The number of benzene rings is 1. The molecule has 4 N–H and O–H groups in total. The molecule has 0 saturated carbocycles. The molecule has 1 aromatic rings. The summed E-state index contributed by atoms with van der Waals surface area (Å²) in [7, 11) is 2.12. The molecule has 0 aromatic heterocycles. The minimum atomic E-state index is 0. The van der Waals surface area contributed by atoms with Crippen LogP contribution < -0.4 is 5.46 Å². The zero-order valence-corrected chi connectivity index (χ0v) is 7.23. The summed E-state index contributed by atoms with van der Waals surface area (Å²) < 4.78 is 0. The van der Waals surface area contributed by atoms with Crippen LogP contribution in [0.25, 0.3) is 0 Å². The van der Waals surface area contributed by atoms with Crippen molar-refractivity contribution in [2.75, 3.05) is 0 Å². The highest BCUT2D eigenvalue weighted by Crippen LogP contribution is 1.97. The summed E-state index contributed by atoms with van der Waals surface area (Å²) in [4.78, 5) is 0. The Kier molecular flexibility index (Phi) is 5.76. The van der Waals surface area contributed by atoms with Crippen LogP contribution in [-0.4, -0.2) is 18.8 Å². The minimum Gasteiger partial charge on any atom is -0.412 e. The van der Waals surface area contributed by atoms with Gasteiger partial charge in [0.15, 0.2) is 0 Å². The predicted octanol–water partition coefficient (Wildman–Crippen LogP) is -1.09. The fourth-order valence-electron chi connectivity index (χ4n) is 1.20. The van der Waals surface area contributed by atoms with Crippen molar-refractivity contribution in [2.45, 2.75) is 13.8 Å². The van der Waals surface area contributed by atoms with Gasteiger partial charge in [-0.3, -0.25) is 0 Å². The molecule has 0 aliphatic carbocycles. The van der Waals surface area contributed by atoms with Gasteiger partial charge in [0.25, 0.3) is 0 Å². The van der Waals surface area contributed by atoms with Crippen molar-refractivity contribution in [3.63, 3.8) is 0 Å². The Bertz CT molecular complexity index is 173. The lowest BCUT2D eigenvalue weighted by molar-refractivity contribution is 0.823. The Hall–Kier alpha value is -0.795. The molecule has 0 saturated heterocycles. The van der Waals surface area contributed by atoms with E-state index >= 15 is 0 Å². The van der Waals surface area contributed by atoms with E-state index in [0.717, 1.165) is 0 Å². The molecule has 0 heterocycles. The maximum Gasteiger partial charge on any atom is 0.139 e. The van der Waals surface area contributed by atoms with Gasteiger partial charge in [-0.2, -0.15) is 0 Å². The Labute approximate surface area is 68.3 Å². The second-order valence-corrected chi connectivity index (χ2v) is 2.67. The van der Waals surface area contributed by atoms with Gasteiger partial charge in [0.2, 0.25) is 0 Å². The lowest BCUT2D eigenvalue weighted by atomic mass is 9.93. The quantitative estimate of drug-likeness (QED) is 0.426. The first-order chi connectivity index (χ1) is 4.18. The number of rotatable bonds is 0. The molecule has 62 valence electrons. The summed E-state index contributed by atoms with van der Waals surface area (Å²) in [6.45, 7) is 4.25. The van der Waals surface area contributed by atoms with E-state index in [4.69, 9.17) is 0 Å². The van der Waals surface area contributed by atoms with Crippen molar-refractivity contribution >= 4 is 13.3 Å². The van der Waals surface area contributed by atoms with Crippen LogP contribution >= 0.6 is 0 Å². The van der Waals surface area contributed by atoms with Crippen LogP contribution in [0.5, 0.6) is 0 Å². The fraction of sp³-hybridized carbons (Fsp3) is 0.250. The highest BCUT2D eigenvalue weighted by Gasteiger charge is 1.87. The topological polar surface area (TPSA) is 63.0 Å². The first-order valence-corrected chi connectivity index (χ1v) is 3.23. The third-order valence-electron chi connectivity index (χ3n) is 1.37. The summed E-state index contributed by atoms with van der Waals surface area (Å²) in [5, 5.41) is 0. The van der Waals surface area contributed by atoms with Gasteiger partial charge in [-0.25, -0.2) is 0 Å². The fourth-order valence-corrected chi connectivity index (χ4v) is 1.20. The molecule has 3 heteroatoms. The highest BCUT2D eigenvalue weighted by atomic mass is 16.0. The monoisotopic (exact) mass is 154 g/mol. The maximum absolute atomic E-state index is 2.19. The summed E-state index contributed by atoms with van der Waals surface area (Å²) in [6, 6.07) is 6.56. The van der Waals surface area contributed by atoms with E-state index < -0.39 is 0 Å². The highest BCUT2D eigenvalue weighted by molar-refractivity contribution is 6.32. The van der Waals surface area contributed by atoms with E-state index in [1.165, 1.54) is 16.6 Å². The van der Waals surface area contributed by atoms with E-state index in [2.05, 4.69) is 39.9 Å². The largest absolute Gasteiger partial charge is 0.412 e. The molecule has 0 bridgehead atoms. The van der Waals surface area contributed by atoms with E-state index in [-0.39, 0.29) is 11.0 Å². The molecule has 0 amide bonds. The van der Waals surface area contributed by atoms with Crippen LogP contribution in [0.15, 0.2) is 18.2 Å². The Balaban J connectivity index is 0. The van der Waals surface area contributed by atoms with Gasteiger partial charge in [0.05, 0.1) is 0 Å². The van der Waals surface area contributed by atoms with Crippen LogP contribution in [0.4, 0.5) is 0 Å². The lowest BCUT2D eigenvalue weighted by Crippen LogP contribution is -2.02. The first-order valence-electron chi connectivity index (χ1n) is 3.23. The molecule has 2 nitrogen and oxygen atoms in total. The Morgan fingerprint density at radius 2 is 1.27 bits per heavy atom. The van der Waals surface area contributed by atoms with Crippen molar-refractivity contribution in [2.24, 2.45) is 0 Å². The normalized spacial score (nSPS) is 7.82. The zero-order valence-electron chi connectivity index (χ0n) is 7.23. The molecule has 0 radical (unpaired) electrons. The molecular formula is C8H15BO2. The van der Waals surface area contributed by atoms with Crippen molar-refractivity contribution in [3.8, 4) is 0 Å². The third kappa shape index (κ3) is 3.81. The molecule has 11 heavy (non-hydrogen) atoms. The molecule has 0 spiro atoms. The van der Waals surface area contributed by atoms with Gasteiger partial charge in [-0.05, 0) is 13.8 Å². The van der Waals surface area contributed by atoms with Crippen LogP contribution in [0.2, 0.25) is 0 Å². The number of hydrogen-bond donors (Lipinski definition) is 0. The molecule has 0 atom stereocenters. The summed E-state index contributed by atoms with van der Waals surface area (Å²) in [5.74, 6) is 0. The first kappa shape index (κ1) is 12.8. The maximum atomic E-state index is 2.19. The number of aryl methyl sites for hydroxylation is 2.